The molecule has 0 bridgehead atoms. The lowest BCUT2D eigenvalue weighted by atomic mass is 10.0. The van der Waals surface area contributed by atoms with Crippen molar-refractivity contribution >= 4 is 11.3 Å². The molecule has 84 valence electrons. The highest BCUT2D eigenvalue weighted by Crippen LogP contribution is 2.32. The van der Waals surface area contributed by atoms with E-state index < -0.39 is 0 Å². The molecule has 0 spiro atoms. The van der Waals surface area contributed by atoms with E-state index in [1.807, 2.05) is 11.3 Å². The van der Waals surface area contributed by atoms with E-state index in [1.165, 1.54) is 26.7 Å². The standard InChI is InChI=1S/C14H17NS/c1-4-11-8-6-7-9-12(11)14-10(3)15-13(5-2)16-14/h6-9H,4-5H2,1-3H3. The number of hydrogen-bond donors (Lipinski definition) is 0. The van der Waals surface area contributed by atoms with E-state index in [0.29, 0.717) is 0 Å². The maximum Gasteiger partial charge on any atom is 0.0931 e. The predicted molar refractivity (Wildman–Crippen MR) is 71.0 cm³/mol. The average Bonchev–Trinajstić information content (AvgIpc) is 2.70. The van der Waals surface area contributed by atoms with Crippen molar-refractivity contribution < 1.29 is 0 Å². The second kappa shape index (κ2) is 4.79. The van der Waals surface area contributed by atoms with Crippen molar-refractivity contribution in [3.05, 3.63) is 40.5 Å². The van der Waals surface area contributed by atoms with Crippen LogP contribution in [-0.4, -0.2) is 4.98 Å². The first kappa shape index (κ1) is 11.3. The number of rotatable bonds is 3. The van der Waals surface area contributed by atoms with Crippen LogP contribution in [0.25, 0.3) is 10.4 Å². The topological polar surface area (TPSA) is 12.9 Å². The number of hydrogen-bond acceptors (Lipinski definition) is 2. The lowest BCUT2D eigenvalue weighted by molar-refractivity contribution is 1.07. The van der Waals surface area contributed by atoms with Gasteiger partial charge >= 0.3 is 0 Å². The minimum Gasteiger partial charge on any atom is -0.246 e. The van der Waals surface area contributed by atoms with Gasteiger partial charge in [-0.2, -0.15) is 0 Å². The molecule has 0 saturated heterocycles. The van der Waals surface area contributed by atoms with Gasteiger partial charge in [0.25, 0.3) is 0 Å². The van der Waals surface area contributed by atoms with E-state index in [1.54, 1.807) is 0 Å². The molecule has 1 aromatic carbocycles. The summed E-state index contributed by atoms with van der Waals surface area (Å²) in [4.78, 5) is 5.94. The van der Waals surface area contributed by atoms with Crippen molar-refractivity contribution in [1.82, 2.24) is 4.98 Å². The van der Waals surface area contributed by atoms with Crippen LogP contribution in [0.5, 0.6) is 0 Å². The molecular weight excluding hydrogens is 214 g/mol. The van der Waals surface area contributed by atoms with Crippen molar-refractivity contribution in [2.45, 2.75) is 33.6 Å². The number of benzene rings is 1. The normalized spacial score (nSPS) is 10.7. The van der Waals surface area contributed by atoms with Crippen molar-refractivity contribution in [2.24, 2.45) is 0 Å². The SMILES string of the molecule is CCc1nc(C)c(-c2ccccc2CC)s1. The molecule has 0 fully saturated rings. The van der Waals surface area contributed by atoms with E-state index in [-0.39, 0.29) is 0 Å². The second-order valence-corrected chi connectivity index (χ2v) is 4.97. The van der Waals surface area contributed by atoms with Crippen molar-refractivity contribution in [3.63, 3.8) is 0 Å². The number of aromatic nitrogens is 1. The fourth-order valence-electron chi connectivity index (χ4n) is 1.90. The van der Waals surface area contributed by atoms with Crippen molar-refractivity contribution in [3.8, 4) is 10.4 Å². The lowest BCUT2D eigenvalue weighted by Gasteiger charge is -2.05. The molecule has 0 N–H and O–H groups in total. The molecule has 2 heteroatoms. The first-order chi connectivity index (χ1) is 7.76. The third kappa shape index (κ3) is 2.03. The second-order valence-electron chi connectivity index (χ2n) is 3.89. The van der Waals surface area contributed by atoms with Gasteiger partial charge in [0, 0.05) is 0 Å². The maximum absolute atomic E-state index is 4.60. The summed E-state index contributed by atoms with van der Waals surface area (Å²) in [7, 11) is 0. The van der Waals surface area contributed by atoms with Crippen LogP contribution in [0.1, 0.15) is 30.1 Å². The largest absolute Gasteiger partial charge is 0.246 e. The molecule has 1 aromatic heterocycles. The Hall–Kier alpha value is -1.15. The molecule has 0 radical (unpaired) electrons. The van der Waals surface area contributed by atoms with Gasteiger partial charge in [0.15, 0.2) is 0 Å². The number of nitrogens with zero attached hydrogens (tertiary/aromatic N) is 1. The van der Waals surface area contributed by atoms with E-state index in [4.69, 9.17) is 0 Å². The molecule has 0 aliphatic heterocycles. The summed E-state index contributed by atoms with van der Waals surface area (Å²) >= 11 is 1.83. The quantitative estimate of drug-likeness (QED) is 0.769. The van der Waals surface area contributed by atoms with Crippen LogP contribution in [0.2, 0.25) is 0 Å². The molecule has 0 aliphatic carbocycles. The fourth-order valence-corrected chi connectivity index (χ4v) is 2.97. The minimum absolute atomic E-state index is 1.03. The van der Waals surface area contributed by atoms with Crippen LogP contribution in [0.15, 0.2) is 24.3 Å². The molecule has 0 saturated carbocycles. The zero-order chi connectivity index (χ0) is 11.5. The molecule has 1 nitrogen and oxygen atoms in total. The first-order valence-electron chi connectivity index (χ1n) is 5.80. The Morgan fingerprint density at radius 1 is 1.12 bits per heavy atom. The number of thiazole rings is 1. The summed E-state index contributed by atoms with van der Waals surface area (Å²) in [5.41, 5.74) is 3.94. The van der Waals surface area contributed by atoms with Gasteiger partial charge in [-0.3, -0.25) is 0 Å². The zero-order valence-electron chi connectivity index (χ0n) is 10.1. The van der Waals surface area contributed by atoms with Gasteiger partial charge in [-0.1, -0.05) is 38.1 Å². The molecule has 0 amide bonds. The number of aryl methyl sites for hydroxylation is 3. The summed E-state index contributed by atoms with van der Waals surface area (Å²) in [6, 6.07) is 8.64. The summed E-state index contributed by atoms with van der Waals surface area (Å²) in [6.45, 7) is 6.47. The molecule has 16 heavy (non-hydrogen) atoms. The third-order valence-corrected chi connectivity index (χ3v) is 4.12. The van der Waals surface area contributed by atoms with Crippen LogP contribution in [0.3, 0.4) is 0 Å². The minimum atomic E-state index is 1.03. The Kier molecular flexibility index (Phi) is 3.39. The molecular formula is C14H17NS. The van der Waals surface area contributed by atoms with Crippen LogP contribution < -0.4 is 0 Å². The van der Waals surface area contributed by atoms with Gasteiger partial charge in [-0.25, -0.2) is 4.98 Å². The summed E-state index contributed by atoms with van der Waals surface area (Å²) < 4.78 is 0. The van der Waals surface area contributed by atoms with Crippen LogP contribution in [-0.2, 0) is 12.8 Å². The summed E-state index contributed by atoms with van der Waals surface area (Å²) in [5.74, 6) is 0. The Morgan fingerprint density at radius 2 is 1.88 bits per heavy atom. The molecule has 0 atom stereocenters. The molecule has 1 heterocycles. The van der Waals surface area contributed by atoms with Gasteiger partial charge in [0.05, 0.1) is 15.6 Å². The fraction of sp³-hybridized carbons (Fsp3) is 0.357. The Bertz CT molecular complexity index is 485. The molecule has 2 rings (SSSR count). The predicted octanol–water partition coefficient (Wildman–Crippen LogP) is 4.24. The maximum atomic E-state index is 4.60. The van der Waals surface area contributed by atoms with Gasteiger partial charge in [0.2, 0.25) is 0 Å². The Labute approximate surface area is 101 Å². The summed E-state index contributed by atoms with van der Waals surface area (Å²) in [5, 5.41) is 1.23. The third-order valence-electron chi connectivity index (χ3n) is 2.79. The van der Waals surface area contributed by atoms with E-state index in [0.717, 1.165) is 12.8 Å². The first-order valence-corrected chi connectivity index (χ1v) is 6.62. The van der Waals surface area contributed by atoms with Crippen LogP contribution in [0.4, 0.5) is 0 Å². The monoisotopic (exact) mass is 231 g/mol. The highest BCUT2D eigenvalue weighted by molar-refractivity contribution is 7.15. The highest BCUT2D eigenvalue weighted by atomic mass is 32.1. The smallest absolute Gasteiger partial charge is 0.0931 e. The highest BCUT2D eigenvalue weighted by Gasteiger charge is 2.10. The van der Waals surface area contributed by atoms with E-state index >= 15 is 0 Å². The Balaban J connectivity index is 2.53. The zero-order valence-corrected chi connectivity index (χ0v) is 10.9. The van der Waals surface area contributed by atoms with E-state index in [2.05, 4.69) is 50.0 Å². The van der Waals surface area contributed by atoms with Crippen LogP contribution >= 0.6 is 11.3 Å². The van der Waals surface area contributed by atoms with Gasteiger partial charge < -0.3 is 0 Å². The molecule has 0 aliphatic rings. The van der Waals surface area contributed by atoms with Gasteiger partial charge in [0.1, 0.15) is 0 Å². The van der Waals surface area contributed by atoms with Crippen molar-refractivity contribution in [1.29, 1.82) is 0 Å². The Morgan fingerprint density at radius 3 is 2.50 bits per heavy atom. The van der Waals surface area contributed by atoms with Gasteiger partial charge in [-0.05, 0) is 30.9 Å². The molecule has 0 unspecified atom stereocenters. The van der Waals surface area contributed by atoms with E-state index in [9.17, 15) is 0 Å². The van der Waals surface area contributed by atoms with Gasteiger partial charge in [-0.15, -0.1) is 11.3 Å². The summed E-state index contributed by atoms with van der Waals surface area (Å²) in [6.07, 6.45) is 2.11. The van der Waals surface area contributed by atoms with Crippen molar-refractivity contribution in [2.75, 3.05) is 0 Å². The average molecular weight is 231 g/mol. The van der Waals surface area contributed by atoms with Crippen LogP contribution in [0, 0.1) is 6.92 Å². The molecule has 2 aromatic rings. The lowest BCUT2D eigenvalue weighted by Crippen LogP contribution is -1.86.